The number of nitrogens with one attached hydrogen (secondary N) is 1. The van der Waals surface area contributed by atoms with Crippen LogP contribution in [0, 0.1) is 0 Å². The van der Waals surface area contributed by atoms with E-state index in [1.165, 1.54) is 0 Å². The van der Waals surface area contributed by atoms with Gasteiger partial charge in [-0.3, -0.25) is 14.9 Å². The third kappa shape index (κ3) is 8.38. The van der Waals surface area contributed by atoms with Crippen molar-refractivity contribution in [1.29, 1.82) is 0 Å². The van der Waals surface area contributed by atoms with Crippen LogP contribution in [0.1, 0.15) is 49.0 Å². The summed E-state index contributed by atoms with van der Waals surface area (Å²) in [7, 11) is 0. The molecule has 2 aromatic rings. The zero-order valence-corrected chi connectivity index (χ0v) is 19.0. The summed E-state index contributed by atoms with van der Waals surface area (Å²) in [6.07, 6.45) is 2.09. The lowest BCUT2D eigenvalue weighted by atomic mass is 10.2. The first kappa shape index (κ1) is 24.3. The van der Waals surface area contributed by atoms with Crippen LogP contribution in [-0.2, 0) is 16.1 Å². The number of para-hydroxylation sites is 1. The smallest absolute Gasteiger partial charge is 0.307 e. The van der Waals surface area contributed by atoms with Crippen LogP contribution in [0.5, 0.6) is 5.75 Å². The first-order valence-electron chi connectivity index (χ1n) is 10.6. The molecule has 0 bridgehead atoms. The van der Waals surface area contributed by atoms with Crippen LogP contribution in [0.15, 0.2) is 54.6 Å². The van der Waals surface area contributed by atoms with Crippen LogP contribution < -0.4 is 10.1 Å². The van der Waals surface area contributed by atoms with Crippen molar-refractivity contribution in [1.82, 2.24) is 10.2 Å². The average Bonchev–Trinajstić information content (AvgIpc) is 2.78. The number of esters is 1. The molecular formula is C24H30N2O4S. The quantitative estimate of drug-likeness (QED) is 0.317. The van der Waals surface area contributed by atoms with Gasteiger partial charge in [0.25, 0.3) is 5.91 Å². The van der Waals surface area contributed by atoms with E-state index in [0.717, 1.165) is 18.4 Å². The van der Waals surface area contributed by atoms with E-state index in [9.17, 15) is 9.59 Å². The van der Waals surface area contributed by atoms with Gasteiger partial charge in [0.1, 0.15) is 5.75 Å². The maximum Gasteiger partial charge on any atom is 0.307 e. The minimum atomic E-state index is -0.341. The van der Waals surface area contributed by atoms with E-state index >= 15 is 0 Å². The minimum Gasteiger partial charge on any atom is -0.493 e. The number of unbranched alkanes of at least 4 members (excludes halogenated alkanes) is 1. The highest BCUT2D eigenvalue weighted by atomic mass is 32.1. The predicted octanol–water partition coefficient (Wildman–Crippen LogP) is 4.34. The topological polar surface area (TPSA) is 67.9 Å². The first-order chi connectivity index (χ1) is 15.0. The second kappa shape index (κ2) is 13.4. The number of hydrogen-bond acceptors (Lipinski definition) is 5. The highest BCUT2D eigenvalue weighted by Crippen LogP contribution is 2.18. The van der Waals surface area contributed by atoms with Crippen LogP contribution >= 0.6 is 12.2 Å². The van der Waals surface area contributed by atoms with Gasteiger partial charge in [0.2, 0.25) is 0 Å². The van der Waals surface area contributed by atoms with Crippen molar-refractivity contribution in [2.24, 2.45) is 0 Å². The number of amides is 1. The Hall–Kier alpha value is -2.93. The lowest BCUT2D eigenvalue weighted by Gasteiger charge is -2.25. The molecule has 0 aliphatic carbocycles. The van der Waals surface area contributed by atoms with Crippen LogP contribution in [-0.4, -0.2) is 41.6 Å². The van der Waals surface area contributed by atoms with E-state index in [0.29, 0.717) is 37.6 Å². The molecule has 7 heteroatoms. The second-order valence-electron chi connectivity index (χ2n) is 6.92. The molecule has 166 valence electrons. The predicted molar refractivity (Wildman–Crippen MR) is 125 cm³/mol. The molecule has 2 rings (SSSR count). The molecule has 0 aromatic heterocycles. The Morgan fingerprint density at radius 3 is 2.45 bits per heavy atom. The Labute approximate surface area is 189 Å². The summed E-state index contributed by atoms with van der Waals surface area (Å²) in [6, 6.07) is 16.8. The van der Waals surface area contributed by atoms with E-state index < -0.39 is 0 Å². The molecule has 0 aliphatic heterocycles. The maximum atomic E-state index is 12.9. The van der Waals surface area contributed by atoms with Gasteiger partial charge in [-0.25, -0.2) is 0 Å². The lowest BCUT2D eigenvalue weighted by Crippen LogP contribution is -2.43. The summed E-state index contributed by atoms with van der Waals surface area (Å²) in [5, 5.41) is 3.04. The number of rotatable bonds is 11. The molecule has 1 amide bonds. The van der Waals surface area contributed by atoms with E-state index in [1.54, 1.807) is 30.0 Å². The van der Waals surface area contributed by atoms with Gasteiger partial charge < -0.3 is 14.4 Å². The van der Waals surface area contributed by atoms with Crippen molar-refractivity contribution in [3.8, 4) is 5.75 Å². The highest BCUT2D eigenvalue weighted by molar-refractivity contribution is 7.80. The number of hydrogen-bond donors (Lipinski definition) is 1. The van der Waals surface area contributed by atoms with Gasteiger partial charge in [-0.05, 0) is 43.3 Å². The number of carbonyl (C=O) groups is 2. The summed E-state index contributed by atoms with van der Waals surface area (Å²) in [4.78, 5) is 26.5. The van der Waals surface area contributed by atoms with Gasteiger partial charge in [-0.2, -0.15) is 0 Å². The summed E-state index contributed by atoms with van der Waals surface area (Å²) in [5.74, 6) is -0.118. The first-order valence-corrected chi connectivity index (χ1v) is 11.0. The lowest BCUT2D eigenvalue weighted by molar-refractivity contribution is -0.143. The van der Waals surface area contributed by atoms with E-state index in [1.807, 2.05) is 36.4 Å². The van der Waals surface area contributed by atoms with Gasteiger partial charge in [-0.15, -0.1) is 0 Å². The zero-order valence-electron chi connectivity index (χ0n) is 18.1. The number of carbonyl (C=O) groups excluding carboxylic acids is 2. The van der Waals surface area contributed by atoms with Crippen LogP contribution in [0.4, 0.5) is 0 Å². The van der Waals surface area contributed by atoms with Gasteiger partial charge >= 0.3 is 5.97 Å². The summed E-state index contributed by atoms with van der Waals surface area (Å²) in [6.45, 7) is 5.52. The van der Waals surface area contributed by atoms with Gasteiger partial charge in [0, 0.05) is 13.1 Å². The van der Waals surface area contributed by atoms with Crippen LogP contribution in [0.2, 0.25) is 0 Å². The van der Waals surface area contributed by atoms with Crippen molar-refractivity contribution in [3.63, 3.8) is 0 Å². The minimum absolute atomic E-state index is 0.174. The maximum absolute atomic E-state index is 12.9. The Morgan fingerprint density at radius 1 is 1.03 bits per heavy atom. The summed E-state index contributed by atoms with van der Waals surface area (Å²) < 4.78 is 10.8. The van der Waals surface area contributed by atoms with Gasteiger partial charge in [0.15, 0.2) is 5.11 Å². The van der Waals surface area contributed by atoms with Crippen molar-refractivity contribution >= 4 is 29.2 Å². The molecule has 0 spiro atoms. The third-order valence-electron chi connectivity index (χ3n) is 4.50. The molecule has 0 atom stereocenters. The van der Waals surface area contributed by atoms with E-state index in [2.05, 4.69) is 12.2 Å². The van der Waals surface area contributed by atoms with Gasteiger partial charge in [0.05, 0.1) is 25.2 Å². The fourth-order valence-corrected chi connectivity index (χ4v) is 3.11. The number of benzene rings is 2. The van der Waals surface area contributed by atoms with Crippen molar-refractivity contribution in [2.75, 3.05) is 19.8 Å². The average molecular weight is 443 g/mol. The molecule has 0 saturated carbocycles. The molecule has 0 saturated heterocycles. The molecule has 0 radical (unpaired) electrons. The molecule has 0 fully saturated rings. The van der Waals surface area contributed by atoms with Crippen molar-refractivity contribution < 1.29 is 19.1 Å². The standard InChI is InChI=1S/C24H30N2O4S/c1-3-5-17-30-21-14-10-9-13-20(21)23(28)25-24(31)26(16-15-22(27)29-4-2)18-19-11-7-6-8-12-19/h6-14H,3-5,15-18H2,1-2H3,(H,25,28,31). The Kier molecular flexibility index (Phi) is 10.5. The van der Waals surface area contributed by atoms with Gasteiger partial charge in [-0.1, -0.05) is 55.8 Å². The molecule has 0 unspecified atom stereocenters. The third-order valence-corrected chi connectivity index (χ3v) is 4.86. The zero-order chi connectivity index (χ0) is 22.5. The molecule has 31 heavy (non-hydrogen) atoms. The highest BCUT2D eigenvalue weighted by Gasteiger charge is 2.18. The molecule has 6 nitrogen and oxygen atoms in total. The van der Waals surface area contributed by atoms with Crippen molar-refractivity contribution in [2.45, 2.75) is 39.7 Å². The van der Waals surface area contributed by atoms with Crippen molar-refractivity contribution in [3.05, 3.63) is 65.7 Å². The van der Waals surface area contributed by atoms with Crippen LogP contribution in [0.3, 0.4) is 0 Å². The van der Waals surface area contributed by atoms with Crippen LogP contribution in [0.25, 0.3) is 0 Å². The number of thiocarbonyl (C=S) groups is 1. The fraction of sp³-hybridized carbons (Fsp3) is 0.375. The second-order valence-corrected chi connectivity index (χ2v) is 7.31. The molecule has 1 N–H and O–H groups in total. The SMILES string of the molecule is CCCCOc1ccccc1C(=O)NC(=S)N(CCC(=O)OCC)Cc1ccccc1. The molecule has 0 heterocycles. The Bertz CT molecular complexity index is 858. The normalized spacial score (nSPS) is 10.3. The summed E-state index contributed by atoms with van der Waals surface area (Å²) >= 11 is 5.52. The van der Waals surface area contributed by atoms with E-state index in [-0.39, 0.29) is 23.4 Å². The molecular weight excluding hydrogens is 412 g/mol. The fourth-order valence-electron chi connectivity index (χ4n) is 2.87. The summed E-state index contributed by atoms with van der Waals surface area (Å²) in [5.41, 5.74) is 1.44. The Morgan fingerprint density at radius 2 is 1.74 bits per heavy atom. The Balaban J connectivity index is 2.09. The van der Waals surface area contributed by atoms with E-state index in [4.69, 9.17) is 21.7 Å². The monoisotopic (exact) mass is 442 g/mol. The number of ether oxygens (including phenoxy) is 2. The molecule has 2 aromatic carbocycles. The largest absolute Gasteiger partial charge is 0.493 e. The molecule has 0 aliphatic rings. The number of nitrogens with zero attached hydrogens (tertiary/aromatic N) is 1.